The molecule has 23 heteroatoms. The van der Waals surface area contributed by atoms with Crippen LogP contribution in [0.1, 0.15) is 312 Å². The molecule has 0 aromatic heterocycles. The maximum Gasteiger partial charge on any atom is 0.322 e. The van der Waals surface area contributed by atoms with Crippen molar-refractivity contribution >= 4 is 59.1 Å². The third-order valence-corrected chi connectivity index (χ3v) is 18.2. The molecule has 111 heavy (non-hydrogen) atoms. The zero-order chi connectivity index (χ0) is 82.0. The average Bonchev–Trinajstić information content (AvgIpc) is 0.855. The molecular weight excluding hydrogens is 1400 g/mol. The quantitative estimate of drug-likeness (QED) is 0.00897. The van der Waals surface area contributed by atoms with Gasteiger partial charge in [-0.3, -0.25) is 47.9 Å². The molecule has 23 nitrogen and oxygen atoms in total. The summed E-state index contributed by atoms with van der Waals surface area (Å²) in [4.78, 5) is 135. The number of rotatable bonds is 72. The predicted molar refractivity (Wildman–Crippen MR) is 452 cm³/mol. The van der Waals surface area contributed by atoms with Crippen LogP contribution in [-0.2, 0) is 47.9 Å². The molecule has 0 aromatic rings. The molecule has 3 atom stereocenters. The molecule has 0 saturated carbocycles. The van der Waals surface area contributed by atoms with Crippen LogP contribution in [0.25, 0.3) is 10.4 Å². The third-order valence-electron chi connectivity index (χ3n) is 18.2. The molecule has 0 aromatic carbocycles. The summed E-state index contributed by atoms with van der Waals surface area (Å²) in [6.45, 7) is 13.6. The van der Waals surface area contributed by atoms with Crippen LogP contribution in [0, 0.1) is 10.8 Å². The molecule has 0 aliphatic rings. The van der Waals surface area contributed by atoms with E-state index in [1.165, 1.54) is 57.8 Å². The minimum absolute atomic E-state index is 0.0274. The smallest absolute Gasteiger partial charge is 0.322 e. The summed E-state index contributed by atoms with van der Waals surface area (Å²) in [6, 6.07) is -3.51. The Morgan fingerprint density at radius 3 is 0.910 bits per heavy atom. The van der Waals surface area contributed by atoms with E-state index in [0.29, 0.717) is 90.3 Å². The van der Waals surface area contributed by atoms with Crippen molar-refractivity contribution in [2.75, 3.05) is 45.8 Å². The SMILES string of the molecule is CCCCC/C=C\C/C=C\C/C=C\CCCCC(=O)NCCCC[C@H](NC(=O)CNC(=O)[C@H](CCCCNC(=O)CCCC/C=C\C/C=C\C/C=C\CCCCC)NC(=O)CNC(=O)[C@H](CCCCNC(=O)CCCC/C=C\C/C=C\C/C=C\CCCCC)NC(=O)CC(C)(C)CC(C)(C)CN=[N+]=[N-])C(=O)NCC(=O)O. The fraction of sp³-hybridized carbons (Fsp3) is 0.682. The standard InChI is InChI=1S/C88H148N12O11/c1-8-11-14-17-20-23-26-29-32-35-38-41-44-47-50-62-77(101)90-65-56-53-59-74(97-80(104)68-87(4,5)72-88(6,7)73-96-100-89)84(109)93-69-81(105)98-75(60-54-57-66-91-78(102)63-51-48-45-42-39-36-33-30-27-24-21-18-15-12-9-2)85(110)94-70-82(106)99-76(86(111)95-71-83(107)108)61-55-58-67-92-79(103)64-52-49-46-43-40-37-34-31-28-25-22-19-16-13-10-3/h20-25,29-34,38-43,74-76H,8-19,26-28,35-37,44-73H2,1-7H3,(H,90,101)(H,91,102)(H,92,103)(H,93,109)(H,94,110)(H,95,111)(H,97,104)(H,98,105)(H,99,106)(H,107,108)/b23-20-,24-21-,25-22-,32-29-,33-30-,34-31-,41-38-,42-39-,43-40-/t74-,75-,76-/m0/s1. The summed E-state index contributed by atoms with van der Waals surface area (Å²) < 4.78 is 0. The van der Waals surface area contributed by atoms with E-state index in [2.05, 4.69) is 188 Å². The zero-order valence-electron chi connectivity index (χ0n) is 69.4. The van der Waals surface area contributed by atoms with Gasteiger partial charge in [0.05, 0.1) is 13.1 Å². The summed E-state index contributed by atoms with van der Waals surface area (Å²) in [5.41, 5.74) is 7.97. The lowest BCUT2D eigenvalue weighted by Crippen LogP contribution is -2.54. The Kier molecular flexibility index (Phi) is 66.5. The number of allylic oxidation sites excluding steroid dienone is 18. The number of hydrogen-bond donors (Lipinski definition) is 10. The van der Waals surface area contributed by atoms with E-state index < -0.39 is 90.0 Å². The Bertz CT molecular complexity index is 2910. The molecule has 0 aliphatic carbocycles. The molecule has 626 valence electrons. The number of amides is 9. The van der Waals surface area contributed by atoms with Crippen molar-refractivity contribution in [3.05, 3.63) is 120 Å². The Morgan fingerprint density at radius 1 is 0.342 bits per heavy atom. The van der Waals surface area contributed by atoms with E-state index in [4.69, 9.17) is 5.53 Å². The number of carboxylic acid groups (broad SMARTS) is 1. The average molecular weight is 1550 g/mol. The highest BCUT2D eigenvalue weighted by molar-refractivity contribution is 5.94. The van der Waals surface area contributed by atoms with Crippen molar-refractivity contribution in [2.24, 2.45) is 15.9 Å². The summed E-state index contributed by atoms with van der Waals surface area (Å²) in [6.07, 6.45) is 70.9. The highest BCUT2D eigenvalue weighted by Crippen LogP contribution is 2.36. The molecule has 9 amide bonds. The number of unbranched alkanes of at least 4 members (excludes halogenated alkanes) is 18. The predicted octanol–water partition coefficient (Wildman–Crippen LogP) is 16.6. The number of aliphatic carboxylic acids is 1. The molecule has 0 rings (SSSR count). The van der Waals surface area contributed by atoms with Gasteiger partial charge in [0.25, 0.3) is 0 Å². The van der Waals surface area contributed by atoms with E-state index in [1.54, 1.807) is 0 Å². The van der Waals surface area contributed by atoms with Crippen LogP contribution in [-0.4, -0.2) is 128 Å². The Morgan fingerprint density at radius 2 is 0.622 bits per heavy atom. The van der Waals surface area contributed by atoms with Crippen LogP contribution in [0.5, 0.6) is 0 Å². The number of azide groups is 1. The van der Waals surface area contributed by atoms with Crippen molar-refractivity contribution < 1.29 is 53.1 Å². The van der Waals surface area contributed by atoms with Gasteiger partial charge in [-0.05, 0) is 215 Å². The number of nitrogens with one attached hydrogen (secondary N) is 9. The topological polar surface area (TPSA) is 348 Å². The van der Waals surface area contributed by atoms with E-state index in [1.807, 2.05) is 27.7 Å². The number of hydrogen-bond acceptors (Lipinski definition) is 11. The van der Waals surface area contributed by atoms with Gasteiger partial charge in [0.2, 0.25) is 53.2 Å². The maximum atomic E-state index is 14.1. The Hall–Kier alpha value is -8.33. The Labute approximate surface area is 668 Å². The lowest BCUT2D eigenvalue weighted by atomic mass is 9.73. The van der Waals surface area contributed by atoms with Gasteiger partial charge in [0.15, 0.2) is 0 Å². The fourth-order valence-electron chi connectivity index (χ4n) is 12.4. The van der Waals surface area contributed by atoms with Gasteiger partial charge in [-0.2, -0.15) is 0 Å². The van der Waals surface area contributed by atoms with Crippen molar-refractivity contribution in [2.45, 2.75) is 330 Å². The maximum absolute atomic E-state index is 14.1. The van der Waals surface area contributed by atoms with Crippen molar-refractivity contribution in [1.29, 1.82) is 0 Å². The monoisotopic (exact) mass is 1550 g/mol. The van der Waals surface area contributed by atoms with Gasteiger partial charge < -0.3 is 53.0 Å². The van der Waals surface area contributed by atoms with Crippen molar-refractivity contribution in [3.8, 4) is 0 Å². The molecule has 0 fully saturated rings. The summed E-state index contributed by atoms with van der Waals surface area (Å²) in [5.74, 6) is -5.69. The van der Waals surface area contributed by atoms with Crippen molar-refractivity contribution in [1.82, 2.24) is 47.9 Å². The first-order chi connectivity index (χ1) is 53.6. The van der Waals surface area contributed by atoms with Gasteiger partial charge in [-0.25, -0.2) is 0 Å². The lowest BCUT2D eigenvalue weighted by molar-refractivity contribution is -0.138. The minimum Gasteiger partial charge on any atom is -0.480 e. The molecule has 0 bridgehead atoms. The molecule has 0 saturated heterocycles. The second kappa shape index (κ2) is 71.9. The molecule has 0 heterocycles. The molecule has 10 N–H and O–H groups in total. The van der Waals surface area contributed by atoms with Crippen LogP contribution in [0.15, 0.2) is 114 Å². The van der Waals surface area contributed by atoms with Gasteiger partial charge >= 0.3 is 5.97 Å². The summed E-state index contributed by atoms with van der Waals surface area (Å²) in [7, 11) is 0. The second-order valence-corrected chi connectivity index (χ2v) is 30.4. The molecule has 0 radical (unpaired) electrons. The van der Waals surface area contributed by atoms with E-state index in [0.717, 1.165) is 109 Å². The van der Waals surface area contributed by atoms with Gasteiger partial charge in [-0.1, -0.05) is 201 Å². The molecule has 0 unspecified atom stereocenters. The molecule has 0 aliphatic heterocycles. The fourth-order valence-corrected chi connectivity index (χ4v) is 12.4. The normalized spacial score (nSPS) is 12.9. The van der Waals surface area contributed by atoms with Crippen LogP contribution < -0.4 is 47.9 Å². The van der Waals surface area contributed by atoms with E-state index in [9.17, 15) is 53.1 Å². The minimum atomic E-state index is -1.29. The lowest BCUT2D eigenvalue weighted by Gasteiger charge is -2.34. The molecule has 0 spiro atoms. The van der Waals surface area contributed by atoms with Gasteiger partial charge in [0.1, 0.15) is 24.7 Å². The first-order valence-electron chi connectivity index (χ1n) is 42.2. The number of carbonyl (C=O) groups is 10. The highest BCUT2D eigenvalue weighted by atomic mass is 16.4. The number of carbonyl (C=O) groups excluding carboxylic acids is 9. The van der Waals surface area contributed by atoms with E-state index >= 15 is 0 Å². The first-order valence-corrected chi connectivity index (χ1v) is 42.2. The zero-order valence-corrected chi connectivity index (χ0v) is 69.4. The largest absolute Gasteiger partial charge is 0.480 e. The Balaban J connectivity index is 6.01. The van der Waals surface area contributed by atoms with Gasteiger partial charge in [0, 0.05) is 56.8 Å². The van der Waals surface area contributed by atoms with Crippen LogP contribution in [0.4, 0.5) is 0 Å². The molecular formula is C88H148N12O11. The number of nitrogens with zero attached hydrogens (tertiary/aromatic N) is 3. The summed E-state index contributed by atoms with van der Waals surface area (Å²) >= 11 is 0. The third kappa shape index (κ3) is 68.2. The first kappa shape index (κ1) is 103. The second-order valence-electron chi connectivity index (χ2n) is 30.4. The van der Waals surface area contributed by atoms with Crippen LogP contribution >= 0.6 is 0 Å². The van der Waals surface area contributed by atoms with Crippen molar-refractivity contribution in [3.63, 3.8) is 0 Å². The van der Waals surface area contributed by atoms with E-state index in [-0.39, 0.29) is 49.9 Å². The number of carboxylic acids is 1. The highest BCUT2D eigenvalue weighted by Gasteiger charge is 2.32. The van der Waals surface area contributed by atoms with Gasteiger partial charge in [-0.15, -0.1) is 0 Å². The van der Waals surface area contributed by atoms with Crippen LogP contribution in [0.2, 0.25) is 0 Å². The summed E-state index contributed by atoms with van der Waals surface area (Å²) in [5, 5.41) is 37.4. The van der Waals surface area contributed by atoms with Crippen LogP contribution in [0.3, 0.4) is 0 Å².